The van der Waals surface area contributed by atoms with Gasteiger partial charge in [-0.3, -0.25) is 0 Å². The molecule has 4 aromatic rings. The van der Waals surface area contributed by atoms with Crippen molar-refractivity contribution in [2.75, 3.05) is 0 Å². The summed E-state index contributed by atoms with van der Waals surface area (Å²) in [5, 5.41) is 4.56. The van der Waals surface area contributed by atoms with Crippen LogP contribution in [0.2, 0.25) is 5.02 Å². The minimum atomic E-state index is -0.325. The fourth-order valence-electron chi connectivity index (χ4n) is 2.53. The topological polar surface area (TPSA) is 61.3 Å². The summed E-state index contributed by atoms with van der Waals surface area (Å²) in [5.41, 5.74) is 1.59. The van der Waals surface area contributed by atoms with E-state index in [0.29, 0.717) is 27.9 Å². The maximum Gasteiger partial charge on any atom is 0.293 e. The number of hydrogen-bond donors (Lipinski definition) is 0. The van der Waals surface area contributed by atoms with Crippen LogP contribution in [0.1, 0.15) is 11.3 Å². The third-order valence-corrected chi connectivity index (χ3v) is 4.14. The van der Waals surface area contributed by atoms with Crippen molar-refractivity contribution in [3.05, 3.63) is 76.8 Å². The lowest BCUT2D eigenvalue weighted by Crippen LogP contribution is -1.95. The lowest BCUT2D eigenvalue weighted by Gasteiger charge is -2.07. The quantitative estimate of drug-likeness (QED) is 0.443. The molecule has 2 aromatic heterocycles. The molecule has 0 unspecified atom stereocenters. The zero-order valence-electron chi connectivity index (χ0n) is 14.3. The van der Waals surface area contributed by atoms with Crippen LogP contribution in [0.4, 0.5) is 4.39 Å². The van der Waals surface area contributed by atoms with Crippen LogP contribution in [-0.2, 0) is 6.61 Å². The highest BCUT2D eigenvalue weighted by atomic mass is 35.5. The van der Waals surface area contributed by atoms with Crippen molar-refractivity contribution in [3.63, 3.8) is 0 Å². The number of ether oxygens (including phenoxy) is 1. The second kappa shape index (κ2) is 7.25. The van der Waals surface area contributed by atoms with E-state index in [4.69, 9.17) is 25.3 Å². The normalized spacial score (nSPS) is 10.9. The number of benzene rings is 2. The van der Waals surface area contributed by atoms with Gasteiger partial charge in [-0.15, -0.1) is 0 Å². The Morgan fingerprint density at radius 2 is 1.89 bits per heavy atom. The van der Waals surface area contributed by atoms with Gasteiger partial charge in [-0.2, -0.15) is 4.98 Å². The zero-order chi connectivity index (χ0) is 18.8. The number of furan rings is 1. The monoisotopic (exact) mass is 384 g/mol. The van der Waals surface area contributed by atoms with Crippen molar-refractivity contribution in [1.29, 1.82) is 0 Å². The van der Waals surface area contributed by atoms with Gasteiger partial charge in [0.15, 0.2) is 5.76 Å². The highest BCUT2D eigenvalue weighted by Crippen LogP contribution is 2.26. The molecular formula is C20H14ClFN2O3. The van der Waals surface area contributed by atoms with Gasteiger partial charge in [0.05, 0.1) is 0 Å². The lowest BCUT2D eigenvalue weighted by atomic mass is 10.2. The van der Waals surface area contributed by atoms with Gasteiger partial charge in [0.2, 0.25) is 5.82 Å². The number of rotatable bonds is 5. The standard InChI is InChI=1S/C20H14ClFN2O3/c1-12-10-14(21)4-8-17(12)25-11-16-7-9-18(26-16)20-23-19(24-27-20)13-2-5-15(22)6-3-13/h2-10H,11H2,1H3. The highest BCUT2D eigenvalue weighted by Gasteiger charge is 2.15. The van der Waals surface area contributed by atoms with Crippen LogP contribution in [0.15, 0.2) is 63.5 Å². The Morgan fingerprint density at radius 1 is 1.07 bits per heavy atom. The average molecular weight is 385 g/mol. The Hall–Kier alpha value is -3.12. The minimum absolute atomic E-state index is 0.239. The Balaban J connectivity index is 1.47. The Kier molecular flexibility index (Phi) is 4.64. The molecule has 0 aliphatic heterocycles. The van der Waals surface area contributed by atoms with Gasteiger partial charge < -0.3 is 13.7 Å². The molecule has 7 heteroatoms. The molecule has 0 radical (unpaired) electrons. The van der Waals surface area contributed by atoms with Crippen LogP contribution in [0.5, 0.6) is 5.75 Å². The fraction of sp³-hybridized carbons (Fsp3) is 0.100. The summed E-state index contributed by atoms with van der Waals surface area (Å²) in [7, 11) is 0. The predicted octanol–water partition coefficient (Wildman–Crippen LogP) is 5.68. The molecule has 0 aliphatic rings. The average Bonchev–Trinajstić information content (AvgIpc) is 3.31. The molecule has 0 N–H and O–H groups in total. The van der Waals surface area contributed by atoms with E-state index in [-0.39, 0.29) is 18.3 Å². The summed E-state index contributed by atoms with van der Waals surface area (Å²) in [4.78, 5) is 4.29. The Morgan fingerprint density at radius 3 is 2.67 bits per heavy atom. The molecule has 0 atom stereocenters. The largest absolute Gasteiger partial charge is 0.485 e. The molecule has 0 saturated carbocycles. The molecule has 0 bridgehead atoms. The third-order valence-electron chi connectivity index (χ3n) is 3.91. The van der Waals surface area contributed by atoms with Gasteiger partial charge in [0.1, 0.15) is 23.9 Å². The van der Waals surface area contributed by atoms with Crippen LogP contribution < -0.4 is 4.74 Å². The molecule has 4 rings (SSSR count). The Labute approximate surface area is 159 Å². The molecular weight excluding hydrogens is 371 g/mol. The lowest BCUT2D eigenvalue weighted by molar-refractivity contribution is 0.269. The van der Waals surface area contributed by atoms with Crippen molar-refractivity contribution in [2.45, 2.75) is 13.5 Å². The molecule has 136 valence electrons. The second-order valence-corrected chi connectivity index (χ2v) is 6.33. The number of nitrogens with zero attached hydrogens (tertiary/aromatic N) is 2. The third kappa shape index (κ3) is 3.85. The van der Waals surface area contributed by atoms with Crippen LogP contribution in [0.25, 0.3) is 23.0 Å². The van der Waals surface area contributed by atoms with Crippen molar-refractivity contribution in [3.8, 4) is 28.8 Å². The van der Waals surface area contributed by atoms with Crippen LogP contribution in [0, 0.1) is 12.7 Å². The summed E-state index contributed by atoms with van der Waals surface area (Å²) in [6.45, 7) is 2.17. The smallest absolute Gasteiger partial charge is 0.293 e. The van der Waals surface area contributed by atoms with Crippen LogP contribution in [-0.4, -0.2) is 10.1 Å². The van der Waals surface area contributed by atoms with E-state index >= 15 is 0 Å². The second-order valence-electron chi connectivity index (χ2n) is 5.89. The van der Waals surface area contributed by atoms with Crippen molar-refractivity contribution >= 4 is 11.6 Å². The summed E-state index contributed by atoms with van der Waals surface area (Å²) in [5.74, 6) is 2.05. The summed E-state index contributed by atoms with van der Waals surface area (Å²) in [6, 6.07) is 14.8. The van der Waals surface area contributed by atoms with E-state index in [9.17, 15) is 4.39 Å². The molecule has 0 saturated heterocycles. The Bertz CT molecular complexity index is 1070. The SMILES string of the molecule is Cc1cc(Cl)ccc1OCc1ccc(-c2nc(-c3ccc(F)cc3)no2)o1. The zero-order valence-corrected chi connectivity index (χ0v) is 15.0. The van der Waals surface area contributed by atoms with Gasteiger partial charge in [0, 0.05) is 10.6 Å². The molecule has 0 spiro atoms. The van der Waals surface area contributed by atoms with Gasteiger partial charge in [-0.1, -0.05) is 16.8 Å². The van der Waals surface area contributed by atoms with E-state index in [1.807, 2.05) is 19.1 Å². The van der Waals surface area contributed by atoms with Gasteiger partial charge in [-0.05, 0) is 67.1 Å². The molecule has 0 fully saturated rings. The van der Waals surface area contributed by atoms with Crippen molar-refractivity contribution in [2.24, 2.45) is 0 Å². The number of hydrogen-bond acceptors (Lipinski definition) is 5. The first-order chi connectivity index (χ1) is 13.1. The van der Waals surface area contributed by atoms with Crippen molar-refractivity contribution in [1.82, 2.24) is 10.1 Å². The molecule has 5 nitrogen and oxygen atoms in total. The molecule has 2 heterocycles. The first kappa shape index (κ1) is 17.3. The molecule has 0 amide bonds. The first-order valence-corrected chi connectivity index (χ1v) is 8.54. The van der Waals surface area contributed by atoms with E-state index in [2.05, 4.69) is 10.1 Å². The van der Waals surface area contributed by atoms with E-state index in [1.165, 1.54) is 12.1 Å². The summed E-state index contributed by atoms with van der Waals surface area (Å²) in [6.07, 6.45) is 0. The number of aryl methyl sites for hydroxylation is 1. The fourth-order valence-corrected chi connectivity index (χ4v) is 2.76. The number of halogens is 2. The van der Waals surface area contributed by atoms with Crippen molar-refractivity contribution < 1.29 is 18.1 Å². The molecule has 2 aromatic carbocycles. The van der Waals surface area contributed by atoms with Crippen LogP contribution >= 0.6 is 11.6 Å². The molecule has 27 heavy (non-hydrogen) atoms. The maximum absolute atomic E-state index is 13.0. The van der Waals surface area contributed by atoms with Gasteiger partial charge in [0.25, 0.3) is 5.89 Å². The highest BCUT2D eigenvalue weighted by molar-refractivity contribution is 6.30. The van der Waals surface area contributed by atoms with E-state index in [0.717, 1.165) is 11.3 Å². The number of aromatic nitrogens is 2. The van der Waals surface area contributed by atoms with Gasteiger partial charge >= 0.3 is 0 Å². The summed E-state index contributed by atoms with van der Waals surface area (Å²) >= 11 is 5.94. The summed E-state index contributed by atoms with van der Waals surface area (Å²) < 4.78 is 29.7. The predicted molar refractivity (Wildman–Crippen MR) is 97.9 cm³/mol. The maximum atomic E-state index is 13.0. The van der Waals surface area contributed by atoms with E-state index in [1.54, 1.807) is 30.3 Å². The van der Waals surface area contributed by atoms with Crippen LogP contribution in [0.3, 0.4) is 0 Å². The van der Waals surface area contributed by atoms with E-state index < -0.39 is 0 Å². The minimum Gasteiger partial charge on any atom is -0.485 e. The molecule has 0 aliphatic carbocycles. The van der Waals surface area contributed by atoms with Gasteiger partial charge in [-0.25, -0.2) is 4.39 Å². The first-order valence-electron chi connectivity index (χ1n) is 8.16.